The standard InChI is InChI=1S/C18H18N4O6/c23-17(19-13-5-9-15(10-6-13)21(25)26)3-1-2-4-18(24)20-14-7-11-16(12-8-14)22(27)28/h5-12H,1-4H2,(H,19,23)(H,20,24). The first-order valence-corrected chi connectivity index (χ1v) is 8.44. The molecule has 146 valence electrons. The number of amides is 2. The van der Waals surface area contributed by atoms with Gasteiger partial charge in [-0.1, -0.05) is 0 Å². The average Bonchev–Trinajstić information content (AvgIpc) is 2.66. The van der Waals surface area contributed by atoms with E-state index in [1.165, 1.54) is 48.5 Å². The van der Waals surface area contributed by atoms with Gasteiger partial charge in [0, 0.05) is 48.5 Å². The molecule has 0 aliphatic rings. The summed E-state index contributed by atoms with van der Waals surface area (Å²) in [6.07, 6.45) is 1.41. The Bertz CT molecular complexity index is 791. The lowest BCUT2D eigenvalue weighted by atomic mass is 10.1. The summed E-state index contributed by atoms with van der Waals surface area (Å²) in [7, 11) is 0. The van der Waals surface area contributed by atoms with Crippen LogP contribution in [0.5, 0.6) is 0 Å². The van der Waals surface area contributed by atoms with Gasteiger partial charge >= 0.3 is 0 Å². The Labute approximate surface area is 159 Å². The monoisotopic (exact) mass is 386 g/mol. The Morgan fingerprint density at radius 3 is 1.29 bits per heavy atom. The molecule has 10 heteroatoms. The van der Waals surface area contributed by atoms with Gasteiger partial charge in [-0.05, 0) is 37.1 Å². The van der Waals surface area contributed by atoms with Crippen LogP contribution in [0.4, 0.5) is 22.7 Å². The molecule has 0 spiro atoms. The van der Waals surface area contributed by atoms with Gasteiger partial charge in [0.2, 0.25) is 11.8 Å². The highest BCUT2D eigenvalue weighted by molar-refractivity contribution is 5.91. The number of nitrogens with zero attached hydrogens (tertiary/aromatic N) is 2. The molecule has 0 heterocycles. The number of unbranched alkanes of at least 4 members (excludes halogenated alkanes) is 1. The van der Waals surface area contributed by atoms with E-state index in [0.29, 0.717) is 24.2 Å². The molecule has 2 aromatic carbocycles. The van der Waals surface area contributed by atoms with Crippen molar-refractivity contribution in [3.63, 3.8) is 0 Å². The van der Waals surface area contributed by atoms with E-state index in [4.69, 9.17) is 0 Å². The van der Waals surface area contributed by atoms with Crippen molar-refractivity contribution in [3.05, 3.63) is 68.8 Å². The van der Waals surface area contributed by atoms with Gasteiger partial charge in [-0.3, -0.25) is 29.8 Å². The first kappa shape index (κ1) is 20.5. The van der Waals surface area contributed by atoms with Crippen molar-refractivity contribution in [2.45, 2.75) is 25.7 Å². The average molecular weight is 386 g/mol. The fourth-order valence-corrected chi connectivity index (χ4v) is 2.35. The number of hydrogen-bond donors (Lipinski definition) is 2. The Kier molecular flexibility index (Phi) is 7.14. The van der Waals surface area contributed by atoms with E-state index in [-0.39, 0.29) is 36.0 Å². The zero-order chi connectivity index (χ0) is 20.5. The fraction of sp³-hybridized carbons (Fsp3) is 0.222. The number of carbonyl (C=O) groups is 2. The van der Waals surface area contributed by atoms with Crippen LogP contribution in [-0.4, -0.2) is 21.7 Å². The molecule has 0 atom stereocenters. The number of nitrogens with one attached hydrogen (secondary N) is 2. The van der Waals surface area contributed by atoms with Crippen molar-refractivity contribution in [2.75, 3.05) is 10.6 Å². The molecule has 0 aliphatic heterocycles. The number of benzene rings is 2. The lowest BCUT2D eigenvalue weighted by molar-refractivity contribution is -0.385. The van der Waals surface area contributed by atoms with Crippen LogP contribution >= 0.6 is 0 Å². The number of carbonyl (C=O) groups excluding carboxylic acids is 2. The minimum atomic E-state index is -0.521. The lowest BCUT2D eigenvalue weighted by Gasteiger charge is -2.06. The van der Waals surface area contributed by atoms with E-state index in [1.54, 1.807) is 0 Å². The van der Waals surface area contributed by atoms with Crippen LogP contribution in [0.2, 0.25) is 0 Å². The van der Waals surface area contributed by atoms with Crippen molar-refractivity contribution >= 4 is 34.6 Å². The third-order valence-electron chi connectivity index (χ3n) is 3.78. The zero-order valence-electron chi connectivity index (χ0n) is 14.8. The maximum atomic E-state index is 11.9. The third-order valence-corrected chi connectivity index (χ3v) is 3.78. The first-order valence-electron chi connectivity index (χ1n) is 8.44. The fourth-order valence-electron chi connectivity index (χ4n) is 2.35. The molecule has 0 unspecified atom stereocenters. The predicted octanol–water partition coefficient (Wildman–Crippen LogP) is 3.64. The van der Waals surface area contributed by atoms with Gasteiger partial charge in [0.25, 0.3) is 11.4 Å². The van der Waals surface area contributed by atoms with E-state index in [9.17, 15) is 29.8 Å². The van der Waals surface area contributed by atoms with Crippen molar-refractivity contribution in [1.29, 1.82) is 0 Å². The smallest absolute Gasteiger partial charge is 0.269 e. The van der Waals surface area contributed by atoms with Crippen LogP contribution in [0.3, 0.4) is 0 Å². The molecular formula is C18H18N4O6. The second-order valence-corrected chi connectivity index (χ2v) is 5.91. The Morgan fingerprint density at radius 1 is 0.679 bits per heavy atom. The Balaban J connectivity index is 1.67. The second kappa shape index (κ2) is 9.76. The molecule has 0 saturated carbocycles. The summed E-state index contributed by atoms with van der Waals surface area (Å²) in [6.45, 7) is 0. The lowest BCUT2D eigenvalue weighted by Crippen LogP contribution is -2.13. The number of nitro groups is 2. The van der Waals surface area contributed by atoms with Crippen molar-refractivity contribution in [2.24, 2.45) is 0 Å². The van der Waals surface area contributed by atoms with Gasteiger partial charge in [0.1, 0.15) is 0 Å². The molecule has 2 aromatic rings. The van der Waals surface area contributed by atoms with E-state index in [1.807, 2.05) is 0 Å². The van der Waals surface area contributed by atoms with Crippen molar-refractivity contribution in [1.82, 2.24) is 0 Å². The molecular weight excluding hydrogens is 368 g/mol. The summed E-state index contributed by atoms with van der Waals surface area (Å²) in [5, 5.41) is 26.4. The highest BCUT2D eigenvalue weighted by Crippen LogP contribution is 2.17. The first-order chi connectivity index (χ1) is 13.3. The summed E-state index contributed by atoms with van der Waals surface area (Å²) in [4.78, 5) is 43.8. The molecule has 10 nitrogen and oxygen atoms in total. The molecule has 0 radical (unpaired) electrons. The number of non-ortho nitro benzene ring substituents is 2. The van der Waals surface area contributed by atoms with Gasteiger partial charge in [-0.25, -0.2) is 0 Å². The predicted molar refractivity (Wildman–Crippen MR) is 102 cm³/mol. The summed E-state index contributed by atoms with van der Waals surface area (Å²) >= 11 is 0. The van der Waals surface area contributed by atoms with Gasteiger partial charge in [-0.2, -0.15) is 0 Å². The minimum Gasteiger partial charge on any atom is -0.326 e. The summed E-state index contributed by atoms with van der Waals surface area (Å²) in [5.74, 6) is -0.491. The molecule has 0 bridgehead atoms. The number of nitro benzene ring substituents is 2. The summed E-state index contributed by atoms with van der Waals surface area (Å²) in [5.41, 5.74) is 0.812. The van der Waals surface area contributed by atoms with E-state index in [2.05, 4.69) is 10.6 Å². The normalized spacial score (nSPS) is 10.1. The van der Waals surface area contributed by atoms with Crippen LogP contribution in [0.25, 0.3) is 0 Å². The molecule has 0 saturated heterocycles. The summed E-state index contributed by atoms with van der Waals surface area (Å²) in [6, 6.07) is 11.0. The van der Waals surface area contributed by atoms with Crippen LogP contribution in [0, 0.1) is 20.2 Å². The highest BCUT2D eigenvalue weighted by Gasteiger charge is 2.09. The number of hydrogen-bond acceptors (Lipinski definition) is 6. The van der Waals surface area contributed by atoms with Crippen LogP contribution in [-0.2, 0) is 9.59 Å². The topological polar surface area (TPSA) is 144 Å². The SMILES string of the molecule is O=C(CCCCC(=O)Nc1ccc([N+](=O)[O-])cc1)Nc1ccc([N+](=O)[O-])cc1. The molecule has 2 amide bonds. The molecule has 28 heavy (non-hydrogen) atoms. The van der Waals surface area contributed by atoms with Crippen molar-refractivity contribution < 1.29 is 19.4 Å². The third kappa shape index (κ3) is 6.48. The minimum absolute atomic E-state index is 0.0583. The van der Waals surface area contributed by atoms with Crippen molar-refractivity contribution in [3.8, 4) is 0 Å². The quantitative estimate of drug-likeness (QED) is 0.382. The molecule has 0 aromatic heterocycles. The van der Waals surface area contributed by atoms with Gasteiger partial charge in [0.15, 0.2) is 0 Å². The van der Waals surface area contributed by atoms with Crippen LogP contribution in [0.1, 0.15) is 25.7 Å². The Hall–Kier alpha value is -3.82. The van der Waals surface area contributed by atoms with E-state index in [0.717, 1.165) is 0 Å². The van der Waals surface area contributed by atoms with Crippen LogP contribution in [0.15, 0.2) is 48.5 Å². The maximum Gasteiger partial charge on any atom is 0.269 e. The summed E-state index contributed by atoms with van der Waals surface area (Å²) < 4.78 is 0. The zero-order valence-corrected chi connectivity index (χ0v) is 14.8. The molecule has 2 N–H and O–H groups in total. The number of rotatable bonds is 9. The molecule has 0 aliphatic carbocycles. The maximum absolute atomic E-state index is 11.9. The van der Waals surface area contributed by atoms with Gasteiger partial charge < -0.3 is 10.6 Å². The molecule has 2 rings (SSSR count). The van der Waals surface area contributed by atoms with E-state index < -0.39 is 9.85 Å². The Morgan fingerprint density at radius 2 is 1.00 bits per heavy atom. The van der Waals surface area contributed by atoms with E-state index >= 15 is 0 Å². The van der Waals surface area contributed by atoms with Gasteiger partial charge in [0.05, 0.1) is 9.85 Å². The van der Waals surface area contributed by atoms with Gasteiger partial charge in [-0.15, -0.1) is 0 Å². The molecule has 0 fully saturated rings. The second-order valence-electron chi connectivity index (χ2n) is 5.91. The highest BCUT2D eigenvalue weighted by atomic mass is 16.6. The van der Waals surface area contributed by atoms with Crippen LogP contribution < -0.4 is 10.6 Å². The number of anilines is 2. The largest absolute Gasteiger partial charge is 0.326 e.